The molecule has 0 aliphatic carbocycles. The molecule has 0 radical (unpaired) electrons. The van der Waals surface area contributed by atoms with Crippen LogP contribution in [0, 0.1) is 0 Å². The van der Waals surface area contributed by atoms with Gasteiger partial charge in [0, 0.05) is 22.3 Å². The molecule has 0 saturated carbocycles. The predicted octanol–water partition coefficient (Wildman–Crippen LogP) is 7.84. The van der Waals surface area contributed by atoms with E-state index in [2.05, 4.69) is 24.3 Å². The molecule has 2 aromatic heterocycles. The number of fused-ring (bicyclic) bond motifs is 1. The van der Waals surface area contributed by atoms with Crippen molar-refractivity contribution in [1.82, 2.24) is 19.5 Å². The van der Waals surface area contributed by atoms with E-state index in [-0.39, 0.29) is 5.56 Å². The lowest BCUT2D eigenvalue weighted by molar-refractivity contribution is 0.976. The van der Waals surface area contributed by atoms with E-state index in [9.17, 15) is 4.79 Å². The fraction of sp³-hybridized carbons (Fsp3) is 0. The van der Waals surface area contributed by atoms with E-state index in [1.165, 1.54) is 0 Å². The second kappa shape index (κ2) is 10.5. The number of hydrogen-bond acceptors (Lipinski definition) is 4. The van der Waals surface area contributed by atoms with Crippen LogP contribution in [0.1, 0.15) is 0 Å². The minimum absolute atomic E-state index is 0.115. The second-order valence-corrected chi connectivity index (χ2v) is 9.70. The minimum Gasteiger partial charge on any atom is -0.268 e. The SMILES string of the molecule is O=c1c2ccccc2nc(-c2cccc(-c3nc(-c4ccccc4)cc(-c4ccccc4)n3)c2)n1-c1ccccc1. The maximum absolute atomic E-state index is 13.8. The van der Waals surface area contributed by atoms with Crippen LogP contribution in [-0.2, 0) is 0 Å². The number of rotatable bonds is 5. The molecule has 0 saturated heterocycles. The summed E-state index contributed by atoms with van der Waals surface area (Å²) in [6.45, 7) is 0. The van der Waals surface area contributed by atoms with Gasteiger partial charge in [-0.25, -0.2) is 15.0 Å². The fourth-order valence-electron chi connectivity index (χ4n) is 5.03. The summed E-state index contributed by atoms with van der Waals surface area (Å²) in [5.41, 5.74) is 6.62. The van der Waals surface area contributed by atoms with Gasteiger partial charge in [0.05, 0.1) is 28.0 Å². The monoisotopic (exact) mass is 528 g/mol. The first-order valence-corrected chi connectivity index (χ1v) is 13.4. The van der Waals surface area contributed by atoms with Gasteiger partial charge in [0.1, 0.15) is 5.82 Å². The van der Waals surface area contributed by atoms with Crippen molar-refractivity contribution in [3.05, 3.63) is 156 Å². The molecular formula is C36H24N4O. The highest BCUT2D eigenvalue weighted by molar-refractivity contribution is 5.81. The Morgan fingerprint density at radius 3 is 1.66 bits per heavy atom. The summed E-state index contributed by atoms with van der Waals surface area (Å²) in [6, 6.07) is 47.3. The molecule has 0 fully saturated rings. The highest BCUT2D eigenvalue weighted by Gasteiger charge is 2.16. The van der Waals surface area contributed by atoms with Crippen molar-refractivity contribution in [1.29, 1.82) is 0 Å². The van der Waals surface area contributed by atoms with Gasteiger partial charge in [0.2, 0.25) is 0 Å². The van der Waals surface area contributed by atoms with Crippen molar-refractivity contribution in [3.63, 3.8) is 0 Å². The van der Waals surface area contributed by atoms with Gasteiger partial charge >= 0.3 is 0 Å². The van der Waals surface area contributed by atoms with E-state index in [0.717, 1.165) is 39.3 Å². The summed E-state index contributed by atoms with van der Waals surface area (Å²) in [4.78, 5) is 28.7. The van der Waals surface area contributed by atoms with Crippen LogP contribution in [0.4, 0.5) is 0 Å². The second-order valence-electron chi connectivity index (χ2n) is 9.70. The van der Waals surface area contributed by atoms with Crippen LogP contribution in [0.2, 0.25) is 0 Å². The standard InChI is InChI=1S/C36H24N4O/c41-36-30-21-10-11-22-31(30)39-35(40(36)29-19-8-3-9-20-29)28-18-12-17-27(23-28)34-37-32(25-13-4-1-5-14-25)24-33(38-34)26-15-6-2-7-16-26/h1-24H. The van der Waals surface area contributed by atoms with Crippen LogP contribution in [0.25, 0.3) is 61.9 Å². The van der Waals surface area contributed by atoms with Gasteiger partial charge in [0.25, 0.3) is 5.56 Å². The van der Waals surface area contributed by atoms with Crippen LogP contribution in [0.15, 0.2) is 150 Å². The lowest BCUT2D eigenvalue weighted by atomic mass is 10.1. The third kappa shape index (κ3) is 4.70. The Bertz CT molecular complexity index is 2000. The van der Waals surface area contributed by atoms with Crippen molar-refractivity contribution >= 4 is 10.9 Å². The molecule has 0 aliphatic heterocycles. The summed E-state index contributed by atoms with van der Waals surface area (Å²) >= 11 is 0. The van der Waals surface area contributed by atoms with E-state index in [1.807, 2.05) is 121 Å². The van der Waals surface area contributed by atoms with Gasteiger partial charge in [-0.2, -0.15) is 0 Å². The van der Waals surface area contributed by atoms with Crippen molar-refractivity contribution < 1.29 is 0 Å². The molecular weight excluding hydrogens is 504 g/mol. The first kappa shape index (κ1) is 24.4. The van der Waals surface area contributed by atoms with Gasteiger partial charge < -0.3 is 0 Å². The normalized spacial score (nSPS) is 11.0. The fourth-order valence-corrected chi connectivity index (χ4v) is 5.03. The zero-order valence-electron chi connectivity index (χ0n) is 22.1. The van der Waals surface area contributed by atoms with Gasteiger partial charge in [-0.3, -0.25) is 9.36 Å². The van der Waals surface area contributed by atoms with E-state index >= 15 is 0 Å². The molecule has 0 unspecified atom stereocenters. The largest absolute Gasteiger partial charge is 0.268 e. The summed E-state index contributed by atoms with van der Waals surface area (Å²) in [6.07, 6.45) is 0. The number of benzene rings is 5. The van der Waals surface area contributed by atoms with Gasteiger partial charge in [-0.15, -0.1) is 0 Å². The van der Waals surface area contributed by atoms with Crippen LogP contribution in [0.3, 0.4) is 0 Å². The Hall–Kier alpha value is -5.68. The smallest absolute Gasteiger partial charge is 0.266 e. The minimum atomic E-state index is -0.115. The maximum atomic E-state index is 13.8. The number of hydrogen-bond donors (Lipinski definition) is 0. The lowest BCUT2D eigenvalue weighted by Crippen LogP contribution is -2.21. The Kier molecular flexibility index (Phi) is 6.22. The molecule has 5 nitrogen and oxygen atoms in total. The van der Waals surface area contributed by atoms with E-state index in [1.54, 1.807) is 4.57 Å². The predicted molar refractivity (Wildman–Crippen MR) is 165 cm³/mol. The van der Waals surface area contributed by atoms with Gasteiger partial charge in [-0.05, 0) is 36.4 Å². The van der Waals surface area contributed by atoms with Gasteiger partial charge in [0.15, 0.2) is 5.82 Å². The van der Waals surface area contributed by atoms with Crippen molar-refractivity contribution in [2.75, 3.05) is 0 Å². The number of para-hydroxylation sites is 2. The highest BCUT2D eigenvalue weighted by Crippen LogP contribution is 2.30. The average Bonchev–Trinajstić information content (AvgIpc) is 3.06. The lowest BCUT2D eigenvalue weighted by Gasteiger charge is -2.15. The van der Waals surface area contributed by atoms with Crippen molar-refractivity contribution in [3.8, 4) is 51.0 Å². The molecule has 194 valence electrons. The highest BCUT2D eigenvalue weighted by atomic mass is 16.1. The molecule has 0 spiro atoms. The molecule has 0 atom stereocenters. The van der Waals surface area contributed by atoms with Crippen molar-refractivity contribution in [2.45, 2.75) is 0 Å². The van der Waals surface area contributed by atoms with E-state index in [0.29, 0.717) is 22.6 Å². The summed E-state index contributed by atoms with van der Waals surface area (Å²) in [5, 5.41) is 0.572. The number of nitrogens with zero attached hydrogens (tertiary/aromatic N) is 4. The molecule has 0 N–H and O–H groups in total. The van der Waals surface area contributed by atoms with Crippen LogP contribution >= 0.6 is 0 Å². The quantitative estimate of drug-likeness (QED) is 0.228. The summed E-state index contributed by atoms with van der Waals surface area (Å²) in [5.74, 6) is 1.16. The molecule has 5 aromatic carbocycles. The topological polar surface area (TPSA) is 60.7 Å². The molecule has 2 heterocycles. The van der Waals surface area contributed by atoms with Crippen LogP contribution < -0.4 is 5.56 Å². The molecule has 0 bridgehead atoms. The third-order valence-electron chi connectivity index (χ3n) is 7.03. The molecule has 0 aliphatic rings. The zero-order chi connectivity index (χ0) is 27.6. The third-order valence-corrected chi connectivity index (χ3v) is 7.03. The Labute approximate surface area is 237 Å². The first-order valence-electron chi connectivity index (χ1n) is 13.4. The Morgan fingerprint density at radius 1 is 0.463 bits per heavy atom. The number of aromatic nitrogens is 4. The average molecular weight is 529 g/mol. The molecule has 0 amide bonds. The zero-order valence-corrected chi connectivity index (χ0v) is 22.1. The maximum Gasteiger partial charge on any atom is 0.266 e. The van der Waals surface area contributed by atoms with Crippen molar-refractivity contribution in [2.24, 2.45) is 0 Å². The Morgan fingerprint density at radius 2 is 1.00 bits per heavy atom. The molecule has 41 heavy (non-hydrogen) atoms. The Balaban J connectivity index is 1.44. The summed E-state index contributed by atoms with van der Waals surface area (Å²) < 4.78 is 1.68. The molecule has 7 rings (SSSR count). The van der Waals surface area contributed by atoms with E-state index < -0.39 is 0 Å². The van der Waals surface area contributed by atoms with Crippen LogP contribution in [0.5, 0.6) is 0 Å². The molecule has 7 aromatic rings. The van der Waals surface area contributed by atoms with E-state index in [4.69, 9.17) is 15.0 Å². The first-order chi connectivity index (χ1) is 20.2. The van der Waals surface area contributed by atoms with Crippen LogP contribution in [-0.4, -0.2) is 19.5 Å². The summed E-state index contributed by atoms with van der Waals surface area (Å²) in [7, 11) is 0. The van der Waals surface area contributed by atoms with Gasteiger partial charge in [-0.1, -0.05) is 109 Å². The molecule has 5 heteroatoms.